The monoisotopic (exact) mass is 430 g/mol. The fraction of sp³-hybridized carbons (Fsp3) is 0. The molecular formula is C29H19ClN2. The van der Waals surface area contributed by atoms with Gasteiger partial charge in [0.25, 0.3) is 0 Å². The standard InChI is InChI=1S/C29H19ClN2/c30-26-19-15-23(16-20-26)12-11-22-13-17-24(18-14-22)28-21-29(25-7-3-1-4-8-25)32(31-28)27-9-5-2-6-10-27/h1-10,13-21H. The minimum Gasteiger partial charge on any atom is -0.232 e. The first-order valence-electron chi connectivity index (χ1n) is 10.4. The second-order valence-electron chi connectivity index (χ2n) is 7.36. The van der Waals surface area contributed by atoms with Crippen LogP contribution in [0.4, 0.5) is 0 Å². The van der Waals surface area contributed by atoms with E-state index in [0.717, 1.165) is 39.3 Å². The van der Waals surface area contributed by atoms with Crippen LogP contribution in [-0.2, 0) is 0 Å². The van der Waals surface area contributed by atoms with Gasteiger partial charge >= 0.3 is 0 Å². The number of para-hydroxylation sites is 1. The fourth-order valence-electron chi connectivity index (χ4n) is 3.50. The summed E-state index contributed by atoms with van der Waals surface area (Å²) in [4.78, 5) is 0. The Morgan fingerprint density at radius 3 is 1.78 bits per heavy atom. The van der Waals surface area contributed by atoms with Gasteiger partial charge in [0.15, 0.2) is 0 Å². The van der Waals surface area contributed by atoms with E-state index in [9.17, 15) is 0 Å². The molecule has 0 saturated carbocycles. The average molecular weight is 431 g/mol. The number of aromatic nitrogens is 2. The van der Waals surface area contributed by atoms with Crippen LogP contribution in [0.15, 0.2) is 115 Å². The summed E-state index contributed by atoms with van der Waals surface area (Å²) in [5.74, 6) is 6.38. The zero-order chi connectivity index (χ0) is 21.8. The van der Waals surface area contributed by atoms with Crippen molar-refractivity contribution < 1.29 is 0 Å². The van der Waals surface area contributed by atoms with E-state index in [1.807, 2.05) is 77.5 Å². The van der Waals surface area contributed by atoms with Crippen LogP contribution >= 0.6 is 11.6 Å². The van der Waals surface area contributed by atoms with Gasteiger partial charge in [-0.1, -0.05) is 84.1 Å². The molecule has 0 unspecified atom stereocenters. The Morgan fingerprint density at radius 2 is 1.16 bits per heavy atom. The molecule has 0 N–H and O–H groups in total. The Labute approximate surface area is 192 Å². The molecule has 4 aromatic carbocycles. The van der Waals surface area contributed by atoms with Crippen molar-refractivity contribution >= 4 is 11.6 Å². The first-order chi connectivity index (χ1) is 15.8. The fourth-order valence-corrected chi connectivity index (χ4v) is 3.63. The summed E-state index contributed by atoms with van der Waals surface area (Å²) < 4.78 is 2.00. The minimum atomic E-state index is 0.713. The van der Waals surface area contributed by atoms with Crippen LogP contribution in [0.3, 0.4) is 0 Å². The van der Waals surface area contributed by atoms with Crippen LogP contribution < -0.4 is 0 Å². The van der Waals surface area contributed by atoms with E-state index in [-0.39, 0.29) is 0 Å². The third-order valence-corrected chi connectivity index (χ3v) is 5.41. The summed E-state index contributed by atoms with van der Waals surface area (Å²) in [7, 11) is 0. The van der Waals surface area contributed by atoms with Crippen molar-refractivity contribution in [2.45, 2.75) is 0 Å². The summed E-state index contributed by atoms with van der Waals surface area (Å²) in [5.41, 5.74) is 7.07. The van der Waals surface area contributed by atoms with Crippen molar-refractivity contribution in [3.05, 3.63) is 131 Å². The Kier molecular flexibility index (Phi) is 5.58. The van der Waals surface area contributed by atoms with Crippen LogP contribution in [-0.4, -0.2) is 9.78 Å². The van der Waals surface area contributed by atoms with Crippen LogP contribution in [0.1, 0.15) is 11.1 Å². The van der Waals surface area contributed by atoms with E-state index in [4.69, 9.17) is 16.7 Å². The Morgan fingerprint density at radius 1 is 0.594 bits per heavy atom. The molecule has 5 rings (SSSR count). The predicted molar refractivity (Wildman–Crippen MR) is 132 cm³/mol. The molecule has 3 heteroatoms. The van der Waals surface area contributed by atoms with Gasteiger partial charge in [0, 0.05) is 27.3 Å². The van der Waals surface area contributed by atoms with E-state index in [1.165, 1.54) is 0 Å². The van der Waals surface area contributed by atoms with E-state index in [1.54, 1.807) is 0 Å². The van der Waals surface area contributed by atoms with Gasteiger partial charge < -0.3 is 0 Å². The van der Waals surface area contributed by atoms with Crippen molar-refractivity contribution in [3.63, 3.8) is 0 Å². The van der Waals surface area contributed by atoms with E-state index in [0.29, 0.717) is 5.02 Å². The molecule has 1 aromatic heterocycles. The van der Waals surface area contributed by atoms with Gasteiger partial charge in [-0.3, -0.25) is 0 Å². The first-order valence-corrected chi connectivity index (χ1v) is 10.7. The quantitative estimate of drug-likeness (QED) is 0.275. The summed E-state index contributed by atoms with van der Waals surface area (Å²) in [6, 6.07) is 38.4. The number of halogens is 1. The predicted octanol–water partition coefficient (Wildman–Crippen LogP) is 7.26. The number of hydrogen-bond donors (Lipinski definition) is 0. The lowest BCUT2D eigenvalue weighted by molar-refractivity contribution is 0.892. The summed E-state index contributed by atoms with van der Waals surface area (Å²) in [6.45, 7) is 0. The molecule has 0 fully saturated rings. The molecule has 0 aliphatic heterocycles. The molecule has 0 aliphatic carbocycles. The first kappa shape index (κ1) is 19.9. The molecule has 0 saturated heterocycles. The van der Waals surface area contributed by atoms with Crippen molar-refractivity contribution in [1.82, 2.24) is 9.78 Å². The number of benzene rings is 4. The largest absolute Gasteiger partial charge is 0.232 e. The maximum atomic E-state index is 5.94. The zero-order valence-corrected chi connectivity index (χ0v) is 18.0. The minimum absolute atomic E-state index is 0.713. The highest BCUT2D eigenvalue weighted by Crippen LogP contribution is 2.28. The summed E-state index contributed by atoms with van der Waals surface area (Å²) in [5, 5.41) is 5.64. The van der Waals surface area contributed by atoms with E-state index in [2.05, 4.69) is 54.3 Å². The lowest BCUT2D eigenvalue weighted by Gasteiger charge is -2.07. The second-order valence-corrected chi connectivity index (χ2v) is 7.80. The lowest BCUT2D eigenvalue weighted by atomic mass is 10.1. The molecule has 0 aliphatic rings. The van der Waals surface area contributed by atoms with Crippen LogP contribution in [0.2, 0.25) is 5.02 Å². The molecular weight excluding hydrogens is 412 g/mol. The molecule has 5 aromatic rings. The Balaban J connectivity index is 1.49. The van der Waals surface area contributed by atoms with Gasteiger partial charge in [0.1, 0.15) is 0 Å². The molecule has 1 heterocycles. The number of nitrogens with zero attached hydrogens (tertiary/aromatic N) is 2. The van der Waals surface area contributed by atoms with Gasteiger partial charge in [-0.25, -0.2) is 4.68 Å². The molecule has 0 spiro atoms. The van der Waals surface area contributed by atoms with Gasteiger partial charge in [-0.15, -0.1) is 0 Å². The molecule has 0 radical (unpaired) electrons. The van der Waals surface area contributed by atoms with Crippen LogP contribution in [0.5, 0.6) is 0 Å². The van der Waals surface area contributed by atoms with Gasteiger partial charge in [0.2, 0.25) is 0 Å². The normalized spacial score (nSPS) is 10.4. The van der Waals surface area contributed by atoms with E-state index < -0.39 is 0 Å². The highest BCUT2D eigenvalue weighted by molar-refractivity contribution is 6.30. The average Bonchev–Trinajstić information content (AvgIpc) is 3.31. The number of rotatable bonds is 3. The highest BCUT2D eigenvalue weighted by Gasteiger charge is 2.12. The number of hydrogen-bond acceptors (Lipinski definition) is 1. The highest BCUT2D eigenvalue weighted by atomic mass is 35.5. The van der Waals surface area contributed by atoms with Crippen LogP contribution in [0.25, 0.3) is 28.2 Å². The van der Waals surface area contributed by atoms with Gasteiger partial charge in [-0.05, 0) is 54.6 Å². The Hall–Kier alpha value is -4.06. The van der Waals surface area contributed by atoms with Crippen molar-refractivity contribution in [2.24, 2.45) is 0 Å². The van der Waals surface area contributed by atoms with Crippen molar-refractivity contribution in [2.75, 3.05) is 0 Å². The van der Waals surface area contributed by atoms with Gasteiger partial charge in [-0.2, -0.15) is 5.10 Å². The molecule has 0 bridgehead atoms. The molecule has 2 nitrogen and oxygen atoms in total. The summed E-state index contributed by atoms with van der Waals surface area (Å²) in [6.07, 6.45) is 0. The maximum absolute atomic E-state index is 5.94. The third kappa shape index (κ3) is 4.34. The maximum Gasteiger partial charge on any atom is 0.0934 e. The zero-order valence-electron chi connectivity index (χ0n) is 17.2. The van der Waals surface area contributed by atoms with Gasteiger partial charge in [0.05, 0.1) is 17.1 Å². The smallest absolute Gasteiger partial charge is 0.0934 e. The summed E-state index contributed by atoms with van der Waals surface area (Å²) >= 11 is 5.94. The lowest BCUT2D eigenvalue weighted by Crippen LogP contribution is -1.98. The van der Waals surface area contributed by atoms with E-state index >= 15 is 0 Å². The SMILES string of the molecule is Clc1ccc(C#Cc2ccc(-c3cc(-c4ccccc4)n(-c4ccccc4)n3)cc2)cc1. The Bertz CT molecular complexity index is 1330. The molecule has 0 atom stereocenters. The second kappa shape index (κ2) is 8.98. The molecule has 32 heavy (non-hydrogen) atoms. The molecule has 0 amide bonds. The van der Waals surface area contributed by atoms with Crippen LogP contribution in [0, 0.1) is 11.8 Å². The topological polar surface area (TPSA) is 17.8 Å². The van der Waals surface area contributed by atoms with Crippen molar-refractivity contribution in [1.29, 1.82) is 0 Å². The molecule has 152 valence electrons. The van der Waals surface area contributed by atoms with Crippen molar-refractivity contribution in [3.8, 4) is 40.0 Å². The third-order valence-electron chi connectivity index (χ3n) is 5.16.